The number of carbonyl (C=O) groups is 1. The number of hydrogen-bond acceptors (Lipinski definition) is 6. The molecule has 0 aliphatic carbocycles. The number of primary amides is 1. The molecular weight excluding hydrogens is 312 g/mol. The summed E-state index contributed by atoms with van der Waals surface area (Å²) in [7, 11) is 0. The van der Waals surface area contributed by atoms with Crippen LogP contribution in [0.25, 0.3) is 0 Å². The van der Waals surface area contributed by atoms with E-state index in [1.54, 1.807) is 0 Å². The van der Waals surface area contributed by atoms with Gasteiger partial charge in [-0.25, -0.2) is 15.8 Å². The van der Waals surface area contributed by atoms with Crippen LogP contribution in [0.15, 0.2) is 10.8 Å². The van der Waals surface area contributed by atoms with Gasteiger partial charge in [-0.15, -0.1) is 0 Å². The average molecular weight is 329 g/mol. The Hall–Kier alpha value is -1.41. The van der Waals surface area contributed by atoms with Gasteiger partial charge >= 0.3 is 0 Å². The van der Waals surface area contributed by atoms with Crippen LogP contribution in [-0.4, -0.2) is 29.0 Å². The zero-order chi connectivity index (χ0) is 13.8. The van der Waals surface area contributed by atoms with Crippen molar-refractivity contribution in [1.82, 2.24) is 9.97 Å². The first-order valence-electron chi connectivity index (χ1n) is 6.12. The van der Waals surface area contributed by atoms with Crippen molar-refractivity contribution < 1.29 is 4.79 Å². The molecule has 1 aromatic heterocycles. The highest BCUT2D eigenvalue weighted by molar-refractivity contribution is 9.10. The van der Waals surface area contributed by atoms with Crippen LogP contribution in [-0.2, 0) is 4.79 Å². The predicted molar refractivity (Wildman–Crippen MR) is 76.3 cm³/mol. The van der Waals surface area contributed by atoms with Crippen LogP contribution in [0.2, 0.25) is 0 Å². The van der Waals surface area contributed by atoms with Crippen molar-refractivity contribution >= 4 is 33.5 Å². The number of piperidine rings is 1. The summed E-state index contributed by atoms with van der Waals surface area (Å²) >= 11 is 3.45. The zero-order valence-electron chi connectivity index (χ0n) is 10.5. The number of carbonyl (C=O) groups excluding carboxylic acids is 1. The van der Waals surface area contributed by atoms with Crippen LogP contribution in [0.5, 0.6) is 0 Å². The molecule has 0 aromatic carbocycles. The van der Waals surface area contributed by atoms with Crippen molar-refractivity contribution in [2.75, 3.05) is 23.4 Å². The van der Waals surface area contributed by atoms with Crippen LogP contribution < -0.4 is 21.9 Å². The van der Waals surface area contributed by atoms with Crippen LogP contribution >= 0.6 is 15.9 Å². The molecule has 0 radical (unpaired) electrons. The number of halogens is 1. The average Bonchev–Trinajstić information content (AvgIpc) is 2.39. The van der Waals surface area contributed by atoms with Crippen molar-refractivity contribution in [2.24, 2.45) is 17.5 Å². The van der Waals surface area contributed by atoms with Crippen molar-refractivity contribution in [3.8, 4) is 0 Å². The number of nitrogens with zero attached hydrogens (tertiary/aromatic N) is 3. The predicted octanol–water partition coefficient (Wildman–Crippen LogP) is 0.616. The van der Waals surface area contributed by atoms with Gasteiger partial charge < -0.3 is 16.1 Å². The number of hydrogen-bond donors (Lipinski definition) is 3. The normalized spacial score (nSPS) is 16.4. The third-order valence-electron chi connectivity index (χ3n) is 3.31. The van der Waals surface area contributed by atoms with Gasteiger partial charge in [-0.1, -0.05) is 0 Å². The molecule has 1 amide bonds. The number of rotatable bonds is 4. The fourth-order valence-corrected chi connectivity index (χ4v) is 2.89. The van der Waals surface area contributed by atoms with Crippen LogP contribution in [0, 0.1) is 5.92 Å². The molecule has 7 nitrogen and oxygen atoms in total. The van der Waals surface area contributed by atoms with Gasteiger partial charge in [0, 0.05) is 19.5 Å². The highest BCUT2D eigenvalue weighted by Gasteiger charge is 2.23. The topological polar surface area (TPSA) is 110 Å². The molecule has 0 unspecified atom stereocenters. The lowest BCUT2D eigenvalue weighted by Crippen LogP contribution is -2.36. The Morgan fingerprint density at radius 2 is 2.16 bits per heavy atom. The molecule has 0 spiro atoms. The number of amides is 1. The van der Waals surface area contributed by atoms with E-state index < -0.39 is 0 Å². The second-order valence-corrected chi connectivity index (χ2v) is 5.40. The van der Waals surface area contributed by atoms with E-state index in [0.29, 0.717) is 18.2 Å². The minimum atomic E-state index is -0.226. The lowest BCUT2D eigenvalue weighted by Gasteiger charge is -2.32. The van der Waals surface area contributed by atoms with E-state index in [0.717, 1.165) is 36.2 Å². The number of aromatic nitrogens is 2. The molecule has 0 saturated carbocycles. The molecule has 1 aliphatic heterocycles. The molecule has 2 rings (SSSR count). The quantitative estimate of drug-likeness (QED) is 0.552. The summed E-state index contributed by atoms with van der Waals surface area (Å²) in [5.41, 5.74) is 7.75. The smallest absolute Gasteiger partial charge is 0.217 e. The maximum atomic E-state index is 10.9. The molecule has 1 aliphatic rings. The molecule has 104 valence electrons. The Bertz CT molecular complexity index is 460. The highest BCUT2D eigenvalue weighted by Crippen LogP contribution is 2.32. The van der Waals surface area contributed by atoms with E-state index in [1.165, 1.54) is 6.33 Å². The second-order valence-electron chi connectivity index (χ2n) is 4.61. The maximum absolute atomic E-state index is 10.9. The second kappa shape index (κ2) is 6.16. The molecule has 1 fully saturated rings. The molecule has 1 aromatic rings. The fraction of sp³-hybridized carbons (Fsp3) is 0.545. The van der Waals surface area contributed by atoms with E-state index in [-0.39, 0.29) is 5.91 Å². The first kappa shape index (κ1) is 14.0. The molecule has 2 heterocycles. The first-order chi connectivity index (χ1) is 9.11. The van der Waals surface area contributed by atoms with Gasteiger partial charge in [0.15, 0.2) is 5.82 Å². The van der Waals surface area contributed by atoms with E-state index >= 15 is 0 Å². The number of anilines is 2. The van der Waals surface area contributed by atoms with Crippen molar-refractivity contribution in [2.45, 2.75) is 19.3 Å². The summed E-state index contributed by atoms with van der Waals surface area (Å²) in [6.07, 6.45) is 3.81. The lowest BCUT2D eigenvalue weighted by atomic mass is 9.93. The van der Waals surface area contributed by atoms with Crippen LogP contribution in [0.1, 0.15) is 19.3 Å². The Morgan fingerprint density at radius 1 is 1.47 bits per heavy atom. The van der Waals surface area contributed by atoms with E-state index in [9.17, 15) is 4.79 Å². The van der Waals surface area contributed by atoms with Gasteiger partial charge in [0.1, 0.15) is 16.6 Å². The maximum Gasteiger partial charge on any atom is 0.217 e. The Balaban J connectivity index is 2.03. The SMILES string of the molecule is NNc1ncnc(N2CCC(CC(N)=O)CC2)c1Br. The van der Waals surface area contributed by atoms with Gasteiger partial charge in [-0.3, -0.25) is 4.79 Å². The number of nitrogens with one attached hydrogen (secondary N) is 1. The van der Waals surface area contributed by atoms with E-state index in [2.05, 4.69) is 36.2 Å². The van der Waals surface area contributed by atoms with Crippen molar-refractivity contribution in [3.05, 3.63) is 10.8 Å². The minimum absolute atomic E-state index is 0.226. The van der Waals surface area contributed by atoms with Crippen LogP contribution in [0.3, 0.4) is 0 Å². The summed E-state index contributed by atoms with van der Waals surface area (Å²) in [5.74, 6) is 6.92. The van der Waals surface area contributed by atoms with Crippen LogP contribution in [0.4, 0.5) is 11.6 Å². The molecule has 5 N–H and O–H groups in total. The molecule has 1 saturated heterocycles. The summed E-state index contributed by atoms with van der Waals surface area (Å²) in [5, 5.41) is 0. The Morgan fingerprint density at radius 3 is 2.74 bits per heavy atom. The van der Waals surface area contributed by atoms with Gasteiger partial charge in [0.2, 0.25) is 5.91 Å². The molecule has 0 atom stereocenters. The van der Waals surface area contributed by atoms with E-state index in [4.69, 9.17) is 11.6 Å². The monoisotopic (exact) mass is 328 g/mol. The third-order valence-corrected chi connectivity index (χ3v) is 4.04. The third kappa shape index (κ3) is 3.32. The summed E-state index contributed by atoms with van der Waals surface area (Å²) < 4.78 is 0.755. The lowest BCUT2D eigenvalue weighted by molar-refractivity contribution is -0.119. The first-order valence-corrected chi connectivity index (χ1v) is 6.91. The van der Waals surface area contributed by atoms with Gasteiger partial charge in [0.05, 0.1) is 0 Å². The number of hydrazine groups is 1. The molecule has 0 bridgehead atoms. The van der Waals surface area contributed by atoms with Crippen molar-refractivity contribution in [3.63, 3.8) is 0 Å². The zero-order valence-corrected chi connectivity index (χ0v) is 12.1. The Labute approximate surface area is 119 Å². The van der Waals surface area contributed by atoms with Gasteiger partial charge in [0.25, 0.3) is 0 Å². The summed E-state index contributed by atoms with van der Waals surface area (Å²) in [6.45, 7) is 1.69. The highest BCUT2D eigenvalue weighted by atomic mass is 79.9. The largest absolute Gasteiger partial charge is 0.370 e. The fourth-order valence-electron chi connectivity index (χ4n) is 2.32. The van der Waals surface area contributed by atoms with Gasteiger partial charge in [-0.2, -0.15) is 0 Å². The molecule has 8 heteroatoms. The number of nitrogen functional groups attached to an aromatic ring is 1. The van der Waals surface area contributed by atoms with Gasteiger partial charge in [-0.05, 0) is 34.7 Å². The standard InChI is InChI=1S/C11H17BrN6O/c12-9-10(17-14)15-6-16-11(9)18-3-1-7(2-4-18)5-8(13)19/h6-7H,1-5,14H2,(H2,13,19)(H,15,16,17). The Kier molecular flexibility index (Phi) is 4.54. The number of nitrogens with two attached hydrogens (primary N) is 2. The summed E-state index contributed by atoms with van der Waals surface area (Å²) in [6, 6.07) is 0. The molecular formula is C11H17BrN6O. The minimum Gasteiger partial charge on any atom is -0.370 e. The summed E-state index contributed by atoms with van der Waals surface area (Å²) in [4.78, 5) is 21.4. The van der Waals surface area contributed by atoms with Crippen molar-refractivity contribution in [1.29, 1.82) is 0 Å². The molecule has 19 heavy (non-hydrogen) atoms. The van der Waals surface area contributed by atoms with E-state index in [1.807, 2.05) is 0 Å².